The van der Waals surface area contributed by atoms with Gasteiger partial charge in [-0.2, -0.15) is 13.2 Å². The van der Waals surface area contributed by atoms with E-state index in [1.54, 1.807) is 6.07 Å². The van der Waals surface area contributed by atoms with E-state index in [0.29, 0.717) is 11.6 Å². The molecule has 1 atom stereocenters. The fourth-order valence-corrected chi connectivity index (χ4v) is 3.18. The van der Waals surface area contributed by atoms with Crippen LogP contribution in [0.3, 0.4) is 0 Å². The number of aromatic nitrogens is 1. The molecule has 1 N–H and O–H groups in total. The first-order chi connectivity index (χ1) is 9.84. The Morgan fingerprint density at radius 3 is 2.43 bits per heavy atom. The lowest BCUT2D eigenvalue weighted by molar-refractivity contribution is -0.138. The highest BCUT2D eigenvalue weighted by molar-refractivity contribution is 7.11. The lowest BCUT2D eigenvalue weighted by atomic mass is 10.00. The highest BCUT2D eigenvalue weighted by Gasteiger charge is 2.35. The summed E-state index contributed by atoms with van der Waals surface area (Å²) in [5, 5.41) is 3.79. The fraction of sp³-hybridized carbons (Fsp3) is 0.400. The maximum atomic E-state index is 13.2. The van der Waals surface area contributed by atoms with Gasteiger partial charge in [-0.1, -0.05) is 25.1 Å². The zero-order valence-corrected chi connectivity index (χ0v) is 12.9. The summed E-state index contributed by atoms with van der Waals surface area (Å²) in [5.41, 5.74) is 0.476. The molecule has 0 saturated heterocycles. The van der Waals surface area contributed by atoms with E-state index >= 15 is 0 Å². The normalized spacial score (nSPS) is 13.4. The van der Waals surface area contributed by atoms with Crippen molar-refractivity contribution in [2.45, 2.75) is 33.0 Å². The van der Waals surface area contributed by atoms with E-state index in [0.717, 1.165) is 16.6 Å². The number of benzene rings is 1. The summed E-state index contributed by atoms with van der Waals surface area (Å²) in [6, 6.07) is 5.13. The summed E-state index contributed by atoms with van der Waals surface area (Å²) in [6.45, 7) is 6.23. The average molecular weight is 314 g/mol. The molecule has 0 aliphatic rings. The van der Waals surface area contributed by atoms with Gasteiger partial charge in [0.05, 0.1) is 17.3 Å². The number of nitrogens with one attached hydrogen (secondary N) is 1. The van der Waals surface area contributed by atoms with E-state index in [1.165, 1.54) is 23.5 Å². The number of hydrogen-bond acceptors (Lipinski definition) is 3. The largest absolute Gasteiger partial charge is 0.416 e. The molecule has 0 amide bonds. The maximum absolute atomic E-state index is 13.2. The van der Waals surface area contributed by atoms with Crippen molar-refractivity contribution in [1.29, 1.82) is 0 Å². The summed E-state index contributed by atoms with van der Waals surface area (Å²) in [7, 11) is 0. The third-order valence-corrected chi connectivity index (χ3v) is 4.42. The van der Waals surface area contributed by atoms with Gasteiger partial charge in [-0.15, -0.1) is 11.3 Å². The van der Waals surface area contributed by atoms with Gasteiger partial charge in [-0.05, 0) is 32.0 Å². The first-order valence-corrected chi connectivity index (χ1v) is 7.49. The van der Waals surface area contributed by atoms with Gasteiger partial charge in [-0.25, -0.2) is 4.98 Å². The monoisotopic (exact) mass is 314 g/mol. The summed E-state index contributed by atoms with van der Waals surface area (Å²) in [5.74, 6) is 0. The third-order valence-electron chi connectivity index (χ3n) is 3.28. The molecule has 1 aromatic heterocycles. The molecule has 21 heavy (non-hydrogen) atoms. The summed E-state index contributed by atoms with van der Waals surface area (Å²) >= 11 is 1.44. The van der Waals surface area contributed by atoms with Gasteiger partial charge in [0.1, 0.15) is 5.01 Å². The van der Waals surface area contributed by atoms with Crippen LogP contribution in [0.25, 0.3) is 0 Å². The van der Waals surface area contributed by atoms with Crippen LogP contribution in [0.4, 0.5) is 13.2 Å². The number of thiazole rings is 1. The van der Waals surface area contributed by atoms with Crippen LogP contribution in [-0.2, 0) is 6.18 Å². The molecule has 1 unspecified atom stereocenters. The van der Waals surface area contributed by atoms with Crippen LogP contribution in [0.5, 0.6) is 0 Å². The molecule has 1 heterocycles. The average Bonchev–Trinajstić information content (AvgIpc) is 2.75. The van der Waals surface area contributed by atoms with Crippen molar-refractivity contribution in [2.75, 3.05) is 6.54 Å². The first kappa shape index (κ1) is 16.0. The second-order valence-electron chi connectivity index (χ2n) is 4.77. The van der Waals surface area contributed by atoms with Crippen molar-refractivity contribution < 1.29 is 13.2 Å². The Morgan fingerprint density at radius 1 is 1.24 bits per heavy atom. The molecular formula is C15H17F3N2S. The highest BCUT2D eigenvalue weighted by Crippen LogP contribution is 2.37. The number of halogens is 3. The van der Waals surface area contributed by atoms with Gasteiger partial charge in [0.2, 0.25) is 0 Å². The SMILES string of the molecule is CCNC(c1nc(C)c(C)s1)c1ccccc1C(F)(F)F. The number of aryl methyl sites for hydroxylation is 2. The Labute approximate surface area is 126 Å². The van der Waals surface area contributed by atoms with Gasteiger partial charge in [0.15, 0.2) is 0 Å². The minimum atomic E-state index is -4.37. The van der Waals surface area contributed by atoms with E-state index in [4.69, 9.17) is 0 Å². The van der Waals surface area contributed by atoms with Gasteiger partial charge >= 0.3 is 6.18 Å². The van der Waals surface area contributed by atoms with Crippen LogP contribution >= 0.6 is 11.3 Å². The number of alkyl halides is 3. The maximum Gasteiger partial charge on any atom is 0.416 e. The second kappa shape index (κ2) is 6.15. The molecule has 0 saturated carbocycles. The second-order valence-corrected chi connectivity index (χ2v) is 6.00. The fourth-order valence-electron chi connectivity index (χ4n) is 2.16. The van der Waals surface area contributed by atoms with Crippen molar-refractivity contribution in [1.82, 2.24) is 10.3 Å². The molecule has 2 rings (SSSR count). The quantitative estimate of drug-likeness (QED) is 0.900. The Kier molecular flexibility index (Phi) is 4.68. The van der Waals surface area contributed by atoms with Gasteiger partial charge in [0, 0.05) is 4.88 Å². The molecular weight excluding hydrogens is 297 g/mol. The minimum absolute atomic E-state index is 0.223. The van der Waals surface area contributed by atoms with Gasteiger partial charge in [0.25, 0.3) is 0 Å². The van der Waals surface area contributed by atoms with Gasteiger partial charge in [-0.3, -0.25) is 0 Å². The third kappa shape index (κ3) is 3.44. The number of rotatable bonds is 4. The highest BCUT2D eigenvalue weighted by atomic mass is 32.1. The van der Waals surface area contributed by atoms with Crippen molar-refractivity contribution in [3.8, 4) is 0 Å². The predicted molar refractivity (Wildman–Crippen MR) is 78.6 cm³/mol. The number of hydrogen-bond donors (Lipinski definition) is 1. The molecule has 0 aliphatic carbocycles. The van der Waals surface area contributed by atoms with Gasteiger partial charge < -0.3 is 5.32 Å². The van der Waals surface area contributed by atoms with Crippen molar-refractivity contribution >= 4 is 11.3 Å². The van der Waals surface area contributed by atoms with Crippen molar-refractivity contribution in [3.05, 3.63) is 51.0 Å². The molecule has 2 nitrogen and oxygen atoms in total. The van der Waals surface area contributed by atoms with E-state index in [9.17, 15) is 13.2 Å². The molecule has 6 heteroatoms. The molecule has 0 fully saturated rings. The Morgan fingerprint density at radius 2 is 1.90 bits per heavy atom. The molecule has 1 aromatic carbocycles. The summed E-state index contributed by atoms with van der Waals surface area (Å²) < 4.78 is 39.6. The molecule has 0 spiro atoms. The van der Waals surface area contributed by atoms with E-state index < -0.39 is 17.8 Å². The smallest absolute Gasteiger partial charge is 0.305 e. The standard InChI is InChI=1S/C15H17F3N2S/c1-4-19-13(14-20-9(2)10(3)21-14)11-7-5-6-8-12(11)15(16,17)18/h5-8,13,19H,4H2,1-3H3. The van der Waals surface area contributed by atoms with E-state index in [-0.39, 0.29) is 5.56 Å². The van der Waals surface area contributed by atoms with Crippen molar-refractivity contribution in [2.24, 2.45) is 0 Å². The molecule has 0 aliphatic heterocycles. The lowest BCUT2D eigenvalue weighted by Crippen LogP contribution is -2.25. The predicted octanol–water partition coefficient (Wildman–Crippen LogP) is 4.48. The molecule has 0 bridgehead atoms. The first-order valence-electron chi connectivity index (χ1n) is 6.68. The number of nitrogens with zero attached hydrogens (tertiary/aromatic N) is 1. The van der Waals surface area contributed by atoms with Crippen molar-refractivity contribution in [3.63, 3.8) is 0 Å². The Bertz CT molecular complexity index is 600. The zero-order valence-electron chi connectivity index (χ0n) is 12.1. The Hall–Kier alpha value is -1.40. The lowest BCUT2D eigenvalue weighted by Gasteiger charge is -2.20. The van der Waals surface area contributed by atoms with Crippen LogP contribution in [0, 0.1) is 13.8 Å². The van der Waals surface area contributed by atoms with Crippen LogP contribution < -0.4 is 5.32 Å². The van der Waals surface area contributed by atoms with Crippen LogP contribution in [0.15, 0.2) is 24.3 Å². The topological polar surface area (TPSA) is 24.9 Å². The van der Waals surface area contributed by atoms with E-state index in [2.05, 4.69) is 10.3 Å². The minimum Gasteiger partial charge on any atom is -0.305 e. The zero-order chi connectivity index (χ0) is 15.6. The van der Waals surface area contributed by atoms with Crippen LogP contribution in [-0.4, -0.2) is 11.5 Å². The molecule has 0 radical (unpaired) electrons. The summed E-state index contributed by atoms with van der Waals surface area (Å²) in [6.07, 6.45) is -4.37. The van der Waals surface area contributed by atoms with E-state index in [1.807, 2.05) is 20.8 Å². The molecule has 2 aromatic rings. The van der Waals surface area contributed by atoms with Crippen LogP contribution in [0.2, 0.25) is 0 Å². The molecule has 114 valence electrons. The summed E-state index contributed by atoms with van der Waals surface area (Å²) in [4.78, 5) is 5.44. The Balaban J connectivity index is 2.53. The van der Waals surface area contributed by atoms with Crippen LogP contribution in [0.1, 0.15) is 39.7 Å².